The van der Waals surface area contributed by atoms with Crippen LogP contribution in [0.15, 0.2) is 36.7 Å². The van der Waals surface area contributed by atoms with Gasteiger partial charge in [-0.3, -0.25) is 14.6 Å². The summed E-state index contributed by atoms with van der Waals surface area (Å²) >= 11 is 5.88. The highest BCUT2D eigenvalue weighted by Gasteiger charge is 2.34. The van der Waals surface area contributed by atoms with Crippen LogP contribution >= 0.6 is 11.6 Å². The van der Waals surface area contributed by atoms with Crippen LogP contribution in [0.5, 0.6) is 0 Å². The van der Waals surface area contributed by atoms with E-state index in [-0.39, 0.29) is 29.5 Å². The number of carbonyl (C=O) groups is 2. The van der Waals surface area contributed by atoms with Crippen molar-refractivity contribution < 1.29 is 9.59 Å². The average molecular weight is 387 g/mol. The highest BCUT2D eigenvalue weighted by atomic mass is 35.5. The molecule has 0 aliphatic heterocycles. The predicted molar refractivity (Wildman–Crippen MR) is 104 cm³/mol. The van der Waals surface area contributed by atoms with Gasteiger partial charge in [-0.05, 0) is 43.9 Å². The minimum absolute atomic E-state index is 0.0123. The Morgan fingerprint density at radius 2 is 1.93 bits per heavy atom. The van der Waals surface area contributed by atoms with Crippen molar-refractivity contribution >= 4 is 23.4 Å². The number of nitrogens with zero attached hydrogens (tertiary/aromatic N) is 2. The lowest BCUT2D eigenvalue weighted by Crippen LogP contribution is -2.44. The van der Waals surface area contributed by atoms with Gasteiger partial charge in [0.05, 0.1) is 17.8 Å². The molecule has 2 amide bonds. The Hall–Kier alpha value is -2.47. The molecule has 27 heavy (non-hydrogen) atoms. The number of hydrogen-bond donors (Lipinski definition) is 2. The number of amides is 2. The second kappa shape index (κ2) is 8.95. The number of aryl methyl sites for hydroxylation is 1. The summed E-state index contributed by atoms with van der Waals surface area (Å²) < 4.78 is 0. The summed E-state index contributed by atoms with van der Waals surface area (Å²) in [6, 6.07) is 7.42. The summed E-state index contributed by atoms with van der Waals surface area (Å²) in [7, 11) is 0. The molecule has 0 unspecified atom stereocenters. The van der Waals surface area contributed by atoms with Crippen LogP contribution in [0.1, 0.15) is 41.0 Å². The fourth-order valence-electron chi connectivity index (χ4n) is 3.31. The van der Waals surface area contributed by atoms with Gasteiger partial charge in [-0.1, -0.05) is 30.2 Å². The fourth-order valence-corrected chi connectivity index (χ4v) is 3.44. The zero-order valence-corrected chi connectivity index (χ0v) is 16.0. The fraction of sp³-hybridized carbons (Fsp3) is 0.400. The van der Waals surface area contributed by atoms with E-state index < -0.39 is 0 Å². The third-order valence-electron chi connectivity index (χ3n) is 4.81. The first kappa shape index (κ1) is 19.3. The van der Waals surface area contributed by atoms with Crippen LogP contribution in [0.25, 0.3) is 0 Å². The van der Waals surface area contributed by atoms with Gasteiger partial charge in [-0.15, -0.1) is 0 Å². The maximum atomic E-state index is 12.6. The van der Waals surface area contributed by atoms with Crippen LogP contribution in [0, 0.1) is 12.8 Å². The second-order valence-electron chi connectivity index (χ2n) is 6.83. The van der Waals surface area contributed by atoms with Crippen LogP contribution in [-0.2, 0) is 11.2 Å². The normalized spacial score (nSPS) is 18.9. The topological polar surface area (TPSA) is 84.0 Å². The number of aromatic nitrogens is 2. The summed E-state index contributed by atoms with van der Waals surface area (Å²) in [4.78, 5) is 33.1. The van der Waals surface area contributed by atoms with Crippen LogP contribution in [0.4, 0.5) is 0 Å². The van der Waals surface area contributed by atoms with Gasteiger partial charge in [0.15, 0.2) is 0 Å². The summed E-state index contributed by atoms with van der Waals surface area (Å²) in [6.45, 7) is 2.37. The van der Waals surface area contributed by atoms with E-state index in [0.717, 1.165) is 36.9 Å². The van der Waals surface area contributed by atoms with Gasteiger partial charge in [0.1, 0.15) is 5.69 Å². The number of rotatable bonds is 6. The Morgan fingerprint density at radius 1 is 1.15 bits per heavy atom. The Bertz CT molecular complexity index is 793. The third-order valence-corrected chi connectivity index (χ3v) is 5.06. The van der Waals surface area contributed by atoms with Crippen LogP contribution in [0.2, 0.25) is 5.02 Å². The summed E-state index contributed by atoms with van der Waals surface area (Å²) in [5.41, 5.74) is 2.15. The molecule has 1 aliphatic rings. The molecular formula is C20H23ClN4O2. The van der Waals surface area contributed by atoms with Crippen molar-refractivity contribution in [1.82, 2.24) is 20.6 Å². The molecule has 6 nitrogen and oxygen atoms in total. The number of halogens is 1. The van der Waals surface area contributed by atoms with Gasteiger partial charge in [-0.25, -0.2) is 4.98 Å². The van der Waals surface area contributed by atoms with Gasteiger partial charge in [0.2, 0.25) is 5.91 Å². The smallest absolute Gasteiger partial charge is 0.271 e. The standard InChI is InChI=1S/C20H23ClN4O2/c1-13-11-24-18(12-23-13)20(27)25-17-4-2-3-16(17)19(26)22-10-9-14-5-7-15(21)8-6-14/h5-8,11-12,16-17H,2-4,9-10H2,1H3,(H,22,26)(H,25,27)/t16-,17+/m0/s1. The summed E-state index contributed by atoms with van der Waals surface area (Å²) in [5.74, 6) is -0.507. The Morgan fingerprint density at radius 3 is 2.63 bits per heavy atom. The van der Waals surface area contributed by atoms with Gasteiger partial charge >= 0.3 is 0 Å². The molecule has 2 atom stereocenters. The maximum Gasteiger partial charge on any atom is 0.271 e. The van der Waals surface area contributed by atoms with E-state index in [1.54, 1.807) is 6.20 Å². The molecule has 1 heterocycles. The molecule has 1 fully saturated rings. The van der Waals surface area contributed by atoms with Crippen molar-refractivity contribution in [2.75, 3.05) is 6.54 Å². The van der Waals surface area contributed by atoms with E-state index in [4.69, 9.17) is 11.6 Å². The maximum absolute atomic E-state index is 12.6. The zero-order chi connectivity index (χ0) is 19.2. The quantitative estimate of drug-likeness (QED) is 0.799. The third kappa shape index (κ3) is 5.26. The first-order valence-corrected chi connectivity index (χ1v) is 9.52. The van der Waals surface area contributed by atoms with E-state index in [1.807, 2.05) is 31.2 Å². The molecule has 7 heteroatoms. The molecular weight excluding hydrogens is 364 g/mol. The molecule has 3 rings (SSSR count). The van der Waals surface area contributed by atoms with Gasteiger partial charge < -0.3 is 10.6 Å². The summed E-state index contributed by atoms with van der Waals surface area (Å²) in [6.07, 6.45) is 6.24. The Labute approximate surface area is 163 Å². The molecule has 0 spiro atoms. The molecule has 0 bridgehead atoms. The van der Waals surface area contributed by atoms with Gasteiger partial charge in [0.25, 0.3) is 5.91 Å². The lowest BCUT2D eigenvalue weighted by atomic mass is 10.0. The first-order valence-electron chi connectivity index (χ1n) is 9.14. The van der Waals surface area contributed by atoms with Crippen molar-refractivity contribution in [3.05, 3.63) is 58.6 Å². The summed E-state index contributed by atoms with van der Waals surface area (Å²) in [5, 5.41) is 6.63. The van der Waals surface area contributed by atoms with Crippen LogP contribution < -0.4 is 10.6 Å². The monoisotopic (exact) mass is 386 g/mol. The van der Waals surface area contributed by atoms with Crippen LogP contribution in [0.3, 0.4) is 0 Å². The predicted octanol–water partition coefficient (Wildman–Crippen LogP) is 2.70. The molecule has 1 saturated carbocycles. The van der Waals surface area contributed by atoms with Crippen LogP contribution in [-0.4, -0.2) is 34.4 Å². The first-order chi connectivity index (χ1) is 13.0. The molecule has 1 aromatic heterocycles. The minimum atomic E-state index is -0.284. The van der Waals surface area contributed by atoms with E-state index in [2.05, 4.69) is 20.6 Å². The number of benzene rings is 1. The van der Waals surface area contributed by atoms with E-state index in [9.17, 15) is 9.59 Å². The highest BCUT2D eigenvalue weighted by Crippen LogP contribution is 2.26. The molecule has 1 aromatic carbocycles. The lowest BCUT2D eigenvalue weighted by molar-refractivity contribution is -0.125. The van der Waals surface area contributed by atoms with Crippen molar-refractivity contribution in [1.29, 1.82) is 0 Å². The molecule has 1 aliphatic carbocycles. The van der Waals surface area contributed by atoms with Crippen molar-refractivity contribution in [3.63, 3.8) is 0 Å². The highest BCUT2D eigenvalue weighted by molar-refractivity contribution is 6.30. The lowest BCUT2D eigenvalue weighted by Gasteiger charge is -2.20. The van der Waals surface area contributed by atoms with E-state index >= 15 is 0 Å². The average Bonchev–Trinajstić information content (AvgIpc) is 3.12. The van der Waals surface area contributed by atoms with Crippen molar-refractivity contribution in [2.45, 2.75) is 38.6 Å². The van der Waals surface area contributed by atoms with Crippen molar-refractivity contribution in [2.24, 2.45) is 5.92 Å². The second-order valence-corrected chi connectivity index (χ2v) is 7.26. The minimum Gasteiger partial charge on any atom is -0.355 e. The van der Waals surface area contributed by atoms with E-state index in [0.29, 0.717) is 11.6 Å². The molecule has 2 aromatic rings. The SMILES string of the molecule is Cc1cnc(C(=O)N[C@@H]2CCC[C@@H]2C(=O)NCCc2ccc(Cl)cc2)cn1. The number of hydrogen-bond acceptors (Lipinski definition) is 4. The molecule has 0 saturated heterocycles. The molecule has 142 valence electrons. The largest absolute Gasteiger partial charge is 0.355 e. The van der Waals surface area contributed by atoms with E-state index in [1.165, 1.54) is 6.20 Å². The zero-order valence-electron chi connectivity index (χ0n) is 15.2. The van der Waals surface area contributed by atoms with Gasteiger partial charge in [-0.2, -0.15) is 0 Å². The Balaban J connectivity index is 1.50. The Kier molecular flexibility index (Phi) is 6.40. The number of nitrogens with one attached hydrogen (secondary N) is 2. The van der Waals surface area contributed by atoms with Gasteiger partial charge in [0, 0.05) is 23.8 Å². The molecule has 2 N–H and O–H groups in total. The molecule has 0 radical (unpaired) electrons. The van der Waals surface area contributed by atoms with Crippen molar-refractivity contribution in [3.8, 4) is 0 Å². The number of carbonyl (C=O) groups excluding carboxylic acids is 2.